The van der Waals surface area contributed by atoms with Gasteiger partial charge in [0.2, 0.25) is 10.0 Å². The predicted octanol–water partition coefficient (Wildman–Crippen LogP) is 5.06. The van der Waals surface area contributed by atoms with Gasteiger partial charge in [0.05, 0.1) is 29.5 Å². The molecule has 4 rings (SSSR count). The van der Waals surface area contributed by atoms with E-state index in [1.807, 2.05) is 43.3 Å². The Morgan fingerprint density at radius 2 is 1.66 bits per heavy atom. The van der Waals surface area contributed by atoms with Crippen LogP contribution in [0.4, 0.5) is 5.69 Å². The molecule has 9 heteroatoms. The van der Waals surface area contributed by atoms with Crippen molar-refractivity contribution in [1.82, 2.24) is 8.87 Å². The molecule has 0 spiro atoms. The lowest BCUT2D eigenvalue weighted by Gasteiger charge is -2.20. The van der Waals surface area contributed by atoms with E-state index in [9.17, 15) is 8.42 Å². The van der Waals surface area contributed by atoms with E-state index in [1.54, 1.807) is 34.9 Å². The van der Waals surface area contributed by atoms with Crippen LogP contribution in [0.3, 0.4) is 0 Å². The third-order valence-electron chi connectivity index (χ3n) is 6.04. The van der Waals surface area contributed by atoms with Gasteiger partial charge in [0, 0.05) is 32.1 Å². The molecule has 2 heterocycles. The van der Waals surface area contributed by atoms with E-state index in [0.29, 0.717) is 37.7 Å². The summed E-state index contributed by atoms with van der Waals surface area (Å²) in [5.41, 5.74) is 2.77. The van der Waals surface area contributed by atoms with Gasteiger partial charge in [-0.1, -0.05) is 25.0 Å². The van der Waals surface area contributed by atoms with Crippen LogP contribution in [0, 0.1) is 0 Å². The molecule has 0 unspecified atom stereocenters. The summed E-state index contributed by atoms with van der Waals surface area (Å²) >= 11 is 1.55. The molecule has 1 aromatic heterocycles. The maximum absolute atomic E-state index is 13.2. The zero-order chi connectivity index (χ0) is 24.7. The Morgan fingerprint density at radius 3 is 2.29 bits per heavy atom. The standard InChI is InChI=1S/C26H33N3O4S2/c1-3-33-23-12-10-22(11-13-23)27-26-29(18-19-32-2)25(20-34-26)21-8-14-24(15-9-21)35(30,31)28-16-6-4-5-7-17-28/h8-15,20H,3-7,16-19H2,1-2H3. The zero-order valence-electron chi connectivity index (χ0n) is 20.4. The molecule has 188 valence electrons. The quantitative estimate of drug-likeness (QED) is 0.399. The lowest BCUT2D eigenvalue weighted by Crippen LogP contribution is -2.31. The van der Waals surface area contributed by atoms with E-state index < -0.39 is 10.0 Å². The number of thiazole rings is 1. The lowest BCUT2D eigenvalue weighted by molar-refractivity contribution is 0.187. The molecule has 0 atom stereocenters. The second-order valence-electron chi connectivity index (χ2n) is 8.43. The number of aromatic nitrogens is 1. The Morgan fingerprint density at radius 1 is 0.971 bits per heavy atom. The topological polar surface area (TPSA) is 73.1 Å². The highest BCUT2D eigenvalue weighted by atomic mass is 32.2. The molecule has 35 heavy (non-hydrogen) atoms. The molecule has 0 amide bonds. The van der Waals surface area contributed by atoms with Crippen LogP contribution in [0.15, 0.2) is 63.8 Å². The summed E-state index contributed by atoms with van der Waals surface area (Å²) in [5.74, 6) is 0.820. The SMILES string of the molecule is CCOc1ccc(N=c2scc(-c3ccc(S(=O)(=O)N4CCCCCC4)cc3)n2CCOC)cc1. The first-order valence-electron chi connectivity index (χ1n) is 12.1. The number of hydrogen-bond donors (Lipinski definition) is 0. The van der Waals surface area contributed by atoms with E-state index in [1.165, 1.54) is 0 Å². The highest BCUT2D eigenvalue weighted by molar-refractivity contribution is 7.89. The Bertz CT molecular complexity index is 1260. The zero-order valence-corrected chi connectivity index (χ0v) is 22.0. The summed E-state index contributed by atoms with van der Waals surface area (Å²) in [7, 11) is -1.79. The fraction of sp³-hybridized carbons (Fsp3) is 0.423. The summed E-state index contributed by atoms with van der Waals surface area (Å²) in [4.78, 5) is 6.03. The Labute approximate surface area is 211 Å². The molecule has 0 radical (unpaired) electrons. The predicted molar refractivity (Wildman–Crippen MR) is 140 cm³/mol. The summed E-state index contributed by atoms with van der Waals surface area (Å²) in [5, 5.41) is 2.06. The molecule has 2 aromatic carbocycles. The molecule has 1 aliphatic heterocycles. The maximum Gasteiger partial charge on any atom is 0.243 e. The third-order valence-corrected chi connectivity index (χ3v) is 8.82. The molecule has 0 bridgehead atoms. The molecule has 0 saturated carbocycles. The van der Waals surface area contributed by atoms with Gasteiger partial charge in [0.15, 0.2) is 4.80 Å². The Balaban J connectivity index is 1.63. The first kappa shape index (κ1) is 25.6. The van der Waals surface area contributed by atoms with Crippen molar-refractivity contribution in [2.24, 2.45) is 4.99 Å². The van der Waals surface area contributed by atoms with Gasteiger partial charge in [-0.3, -0.25) is 0 Å². The largest absolute Gasteiger partial charge is 0.494 e. The average Bonchev–Trinajstić information content (AvgIpc) is 3.06. The van der Waals surface area contributed by atoms with Gasteiger partial charge in [-0.2, -0.15) is 4.31 Å². The van der Waals surface area contributed by atoms with Crippen molar-refractivity contribution in [2.45, 2.75) is 44.0 Å². The van der Waals surface area contributed by atoms with Crippen LogP contribution in [0.25, 0.3) is 11.3 Å². The van der Waals surface area contributed by atoms with Crippen LogP contribution in [-0.2, 0) is 21.3 Å². The van der Waals surface area contributed by atoms with Crippen molar-refractivity contribution in [3.05, 3.63) is 58.7 Å². The van der Waals surface area contributed by atoms with Crippen LogP contribution in [0.5, 0.6) is 5.75 Å². The van der Waals surface area contributed by atoms with Gasteiger partial charge in [-0.15, -0.1) is 11.3 Å². The van der Waals surface area contributed by atoms with Crippen molar-refractivity contribution in [1.29, 1.82) is 0 Å². The van der Waals surface area contributed by atoms with Crippen molar-refractivity contribution in [2.75, 3.05) is 33.4 Å². The van der Waals surface area contributed by atoms with Crippen molar-refractivity contribution in [3.8, 4) is 17.0 Å². The molecular formula is C26H33N3O4S2. The minimum absolute atomic E-state index is 0.348. The number of ether oxygens (including phenoxy) is 2. The highest BCUT2D eigenvalue weighted by Gasteiger charge is 2.25. The molecule has 7 nitrogen and oxygen atoms in total. The van der Waals surface area contributed by atoms with Crippen LogP contribution >= 0.6 is 11.3 Å². The van der Waals surface area contributed by atoms with E-state index >= 15 is 0 Å². The fourth-order valence-corrected chi connectivity index (χ4v) is 6.64. The molecule has 0 N–H and O–H groups in total. The van der Waals surface area contributed by atoms with Crippen LogP contribution in [0.1, 0.15) is 32.6 Å². The highest BCUT2D eigenvalue weighted by Crippen LogP contribution is 2.26. The third kappa shape index (κ3) is 6.22. The van der Waals surface area contributed by atoms with E-state index in [0.717, 1.165) is 53.2 Å². The van der Waals surface area contributed by atoms with E-state index in [4.69, 9.17) is 14.5 Å². The summed E-state index contributed by atoms with van der Waals surface area (Å²) < 4.78 is 40.9. The van der Waals surface area contributed by atoms with Gasteiger partial charge >= 0.3 is 0 Å². The van der Waals surface area contributed by atoms with Gasteiger partial charge in [-0.05, 0) is 61.7 Å². The van der Waals surface area contributed by atoms with Crippen LogP contribution < -0.4 is 9.54 Å². The summed E-state index contributed by atoms with van der Waals surface area (Å²) in [6, 6.07) is 14.9. The molecule has 1 aliphatic rings. The second-order valence-corrected chi connectivity index (χ2v) is 11.2. The summed E-state index contributed by atoms with van der Waals surface area (Å²) in [6.45, 7) is 4.96. The molecule has 0 aliphatic carbocycles. The number of sulfonamides is 1. The number of rotatable bonds is 9. The Hall–Kier alpha value is -2.46. The maximum atomic E-state index is 13.2. The molecule has 3 aromatic rings. The van der Waals surface area contributed by atoms with E-state index in [2.05, 4.69) is 9.95 Å². The van der Waals surface area contributed by atoms with Gasteiger partial charge in [-0.25, -0.2) is 13.4 Å². The molecule has 1 fully saturated rings. The minimum Gasteiger partial charge on any atom is -0.494 e. The lowest BCUT2D eigenvalue weighted by atomic mass is 10.2. The number of benzene rings is 2. The van der Waals surface area contributed by atoms with Crippen LogP contribution in [0.2, 0.25) is 0 Å². The fourth-order valence-electron chi connectivity index (χ4n) is 4.17. The van der Waals surface area contributed by atoms with Crippen molar-refractivity contribution < 1.29 is 17.9 Å². The monoisotopic (exact) mass is 515 g/mol. The first-order chi connectivity index (χ1) is 17.0. The molecular weight excluding hydrogens is 482 g/mol. The van der Waals surface area contributed by atoms with Gasteiger partial charge < -0.3 is 14.0 Å². The summed E-state index contributed by atoms with van der Waals surface area (Å²) in [6.07, 6.45) is 4.03. The minimum atomic E-state index is -3.47. The molecule has 1 saturated heterocycles. The second kappa shape index (κ2) is 12.0. The average molecular weight is 516 g/mol. The van der Waals surface area contributed by atoms with Crippen molar-refractivity contribution in [3.63, 3.8) is 0 Å². The normalized spacial score (nSPS) is 15.8. The van der Waals surface area contributed by atoms with Crippen molar-refractivity contribution >= 4 is 27.0 Å². The Kier molecular flexibility index (Phi) is 8.78. The number of methoxy groups -OCH3 is 1. The van der Waals surface area contributed by atoms with Gasteiger partial charge in [0.25, 0.3) is 0 Å². The first-order valence-corrected chi connectivity index (χ1v) is 14.4. The smallest absolute Gasteiger partial charge is 0.243 e. The number of nitrogens with zero attached hydrogens (tertiary/aromatic N) is 3. The van der Waals surface area contributed by atoms with Gasteiger partial charge in [0.1, 0.15) is 5.75 Å². The number of hydrogen-bond acceptors (Lipinski definition) is 6. The van der Waals surface area contributed by atoms with Crippen LogP contribution in [-0.4, -0.2) is 50.7 Å². The van der Waals surface area contributed by atoms with E-state index in [-0.39, 0.29) is 0 Å².